The highest BCUT2D eigenvalue weighted by atomic mass is 16.3. The third-order valence-electron chi connectivity index (χ3n) is 8.48. The van der Waals surface area contributed by atoms with E-state index in [4.69, 9.17) is 5.73 Å². The summed E-state index contributed by atoms with van der Waals surface area (Å²) in [5.74, 6) is -7.60. The Hall–Kier alpha value is -3.37. The van der Waals surface area contributed by atoms with Crippen LogP contribution in [0.4, 0.5) is 5.69 Å². The molecule has 3 aliphatic carbocycles. The zero-order valence-electron chi connectivity index (χ0n) is 24.3. The molecule has 0 saturated heterocycles. The predicted octanol–water partition coefficient (Wildman–Crippen LogP) is 2.51. The van der Waals surface area contributed by atoms with Crippen LogP contribution in [-0.4, -0.2) is 64.1 Å². The van der Waals surface area contributed by atoms with Gasteiger partial charge in [0.05, 0.1) is 5.56 Å². The largest absolute Gasteiger partial charge is 0.508 e. The fourth-order valence-electron chi connectivity index (χ4n) is 6.69. The summed E-state index contributed by atoms with van der Waals surface area (Å²) in [7, 11) is 3.70. The van der Waals surface area contributed by atoms with Crippen LogP contribution in [0, 0.1) is 29.1 Å². The summed E-state index contributed by atoms with van der Waals surface area (Å²) in [6.45, 7) is 10.7. The molecule has 1 aromatic carbocycles. The summed E-state index contributed by atoms with van der Waals surface area (Å²) in [5.41, 5.74) is 3.90. The molecule has 10 nitrogen and oxygen atoms in total. The molecule has 40 heavy (non-hydrogen) atoms. The van der Waals surface area contributed by atoms with Crippen molar-refractivity contribution in [3.63, 3.8) is 0 Å². The summed E-state index contributed by atoms with van der Waals surface area (Å²) in [6, 6.07) is 1.86. The zero-order chi connectivity index (χ0) is 30.1. The zero-order valence-corrected chi connectivity index (χ0v) is 24.3. The van der Waals surface area contributed by atoms with Crippen LogP contribution in [-0.2, 0) is 27.3 Å². The molecule has 0 spiro atoms. The SMILES string of the molecule is CC(C)[C@@H]1C(=O)C(C(N)=O)=C(O)[C@@]2(O)C(=O)C3=C(O)c4c(O)c(CNCC(C)(C)C)cc(N(C)C)c4C[C@H]3C[C@@H]12. The van der Waals surface area contributed by atoms with Gasteiger partial charge in [0, 0.05) is 55.8 Å². The molecule has 0 aromatic heterocycles. The van der Waals surface area contributed by atoms with Crippen LogP contribution in [0.25, 0.3) is 5.76 Å². The fourth-order valence-corrected chi connectivity index (χ4v) is 6.69. The van der Waals surface area contributed by atoms with E-state index >= 15 is 0 Å². The number of carbonyl (C=O) groups excluding carboxylic acids is 3. The highest BCUT2D eigenvalue weighted by Gasteiger charge is 2.64. The number of hydrogen-bond donors (Lipinski definition) is 6. The van der Waals surface area contributed by atoms with E-state index in [2.05, 4.69) is 26.1 Å². The first-order valence-electron chi connectivity index (χ1n) is 13.7. The van der Waals surface area contributed by atoms with E-state index in [1.165, 1.54) is 0 Å². The van der Waals surface area contributed by atoms with Crippen LogP contribution in [0.1, 0.15) is 57.7 Å². The molecule has 1 aromatic rings. The third kappa shape index (κ3) is 4.47. The van der Waals surface area contributed by atoms with Crippen molar-refractivity contribution in [3.05, 3.63) is 39.7 Å². The number of amides is 1. The number of nitrogens with one attached hydrogen (secondary N) is 1. The van der Waals surface area contributed by atoms with Crippen molar-refractivity contribution in [2.24, 2.45) is 34.8 Å². The molecule has 1 amide bonds. The number of primary amides is 1. The number of ketones is 2. The first-order valence-corrected chi connectivity index (χ1v) is 13.7. The van der Waals surface area contributed by atoms with Gasteiger partial charge in [-0.2, -0.15) is 0 Å². The number of fused-ring (bicyclic) bond motifs is 3. The maximum absolute atomic E-state index is 14.1. The second kappa shape index (κ2) is 9.92. The molecular formula is C30H41N3O7. The maximum Gasteiger partial charge on any atom is 0.255 e. The number of nitrogens with two attached hydrogens (primary N) is 1. The van der Waals surface area contributed by atoms with Gasteiger partial charge in [-0.25, -0.2) is 0 Å². The van der Waals surface area contributed by atoms with E-state index in [0.29, 0.717) is 24.2 Å². The van der Waals surface area contributed by atoms with Crippen molar-refractivity contribution in [2.45, 2.75) is 59.6 Å². The molecule has 7 N–H and O–H groups in total. The summed E-state index contributed by atoms with van der Waals surface area (Å²) < 4.78 is 0. The van der Waals surface area contributed by atoms with Gasteiger partial charge in [-0.05, 0) is 41.7 Å². The van der Waals surface area contributed by atoms with E-state index < -0.39 is 57.9 Å². The van der Waals surface area contributed by atoms with E-state index in [1.54, 1.807) is 13.8 Å². The minimum absolute atomic E-state index is 0.000549. The van der Waals surface area contributed by atoms with Gasteiger partial charge in [0.25, 0.3) is 5.91 Å². The Balaban J connectivity index is 1.91. The Bertz CT molecular complexity index is 1350. The van der Waals surface area contributed by atoms with Crippen LogP contribution in [0.15, 0.2) is 23.0 Å². The molecule has 218 valence electrons. The van der Waals surface area contributed by atoms with Gasteiger partial charge in [0.1, 0.15) is 22.8 Å². The second-order valence-electron chi connectivity index (χ2n) is 13.1. The molecule has 0 unspecified atom stereocenters. The molecule has 0 aliphatic heterocycles. The lowest BCUT2D eigenvalue weighted by atomic mass is 9.54. The van der Waals surface area contributed by atoms with Crippen molar-refractivity contribution >= 4 is 28.9 Å². The number of aliphatic hydroxyl groups is 3. The van der Waals surface area contributed by atoms with E-state index in [0.717, 1.165) is 5.69 Å². The van der Waals surface area contributed by atoms with Gasteiger partial charge in [-0.3, -0.25) is 14.4 Å². The van der Waals surface area contributed by atoms with Crippen LogP contribution in [0.5, 0.6) is 5.75 Å². The fraction of sp³-hybridized carbons (Fsp3) is 0.567. The Labute approximate surface area is 234 Å². The lowest BCUT2D eigenvalue weighted by Crippen LogP contribution is -2.62. The number of hydrogen-bond acceptors (Lipinski definition) is 9. The van der Waals surface area contributed by atoms with E-state index in [1.807, 2.05) is 25.1 Å². The third-order valence-corrected chi connectivity index (χ3v) is 8.48. The molecule has 4 atom stereocenters. The van der Waals surface area contributed by atoms with Gasteiger partial charge in [0.15, 0.2) is 11.4 Å². The second-order valence-corrected chi connectivity index (χ2v) is 13.1. The van der Waals surface area contributed by atoms with Gasteiger partial charge < -0.3 is 36.4 Å². The monoisotopic (exact) mass is 555 g/mol. The molecule has 1 fully saturated rings. The number of nitrogens with zero attached hydrogens (tertiary/aromatic N) is 1. The van der Waals surface area contributed by atoms with Crippen molar-refractivity contribution in [2.75, 3.05) is 25.5 Å². The lowest BCUT2D eigenvalue weighted by Gasteiger charge is -2.50. The molecule has 0 heterocycles. The standard InChI is InChI=1S/C30H41N3O7/c1-13(2)19-17-9-14-8-16-18(33(6)7)10-15(11-32-12-29(3,4)5)23(34)21(16)25(36)20(14)26(37)30(17,40)27(38)22(24(19)35)28(31)39/h10,13-14,17,19,32,34,36,38,40H,8-9,11-12H2,1-7H3,(H2,31,39)/t14-,17-,19-,30-/m0/s1. The van der Waals surface area contributed by atoms with Crippen LogP contribution in [0.3, 0.4) is 0 Å². The minimum atomic E-state index is -2.61. The maximum atomic E-state index is 14.1. The van der Waals surface area contributed by atoms with Crippen LogP contribution in [0.2, 0.25) is 0 Å². The minimum Gasteiger partial charge on any atom is -0.508 e. The molecular weight excluding hydrogens is 514 g/mol. The van der Waals surface area contributed by atoms with Gasteiger partial charge >= 0.3 is 0 Å². The number of phenolic OH excluding ortho intramolecular Hbond substituents is 1. The van der Waals surface area contributed by atoms with Crippen LogP contribution < -0.4 is 16.0 Å². The normalized spacial score (nSPS) is 26.6. The Morgan fingerprint density at radius 3 is 2.35 bits per heavy atom. The number of aromatic hydroxyl groups is 1. The quantitative estimate of drug-likeness (QED) is 0.288. The van der Waals surface area contributed by atoms with Crippen molar-refractivity contribution in [1.29, 1.82) is 0 Å². The number of carbonyl (C=O) groups is 3. The lowest BCUT2D eigenvalue weighted by molar-refractivity contribution is -0.155. The highest BCUT2D eigenvalue weighted by Crippen LogP contribution is 2.55. The summed E-state index contributed by atoms with van der Waals surface area (Å²) in [5, 5.41) is 49.0. The number of phenols is 1. The summed E-state index contributed by atoms with van der Waals surface area (Å²) in [6.07, 6.45) is 0.351. The Morgan fingerprint density at radius 1 is 1.20 bits per heavy atom. The van der Waals surface area contributed by atoms with Gasteiger partial charge in [0.2, 0.25) is 5.78 Å². The summed E-state index contributed by atoms with van der Waals surface area (Å²) in [4.78, 5) is 41.4. The number of benzene rings is 1. The average Bonchev–Trinajstić information content (AvgIpc) is 2.81. The van der Waals surface area contributed by atoms with Gasteiger partial charge in [-0.15, -0.1) is 0 Å². The molecule has 4 rings (SSSR count). The predicted molar refractivity (Wildman–Crippen MR) is 151 cm³/mol. The molecule has 10 heteroatoms. The molecule has 0 bridgehead atoms. The van der Waals surface area contributed by atoms with E-state index in [-0.39, 0.29) is 41.1 Å². The van der Waals surface area contributed by atoms with E-state index in [9.17, 15) is 34.8 Å². The Kier molecular flexibility index (Phi) is 7.34. The number of aliphatic hydroxyl groups excluding tert-OH is 2. The average molecular weight is 556 g/mol. The Morgan fingerprint density at radius 2 is 1.82 bits per heavy atom. The number of anilines is 1. The van der Waals surface area contributed by atoms with Crippen molar-refractivity contribution < 1.29 is 34.8 Å². The van der Waals surface area contributed by atoms with Crippen molar-refractivity contribution in [1.82, 2.24) is 5.32 Å². The molecule has 0 radical (unpaired) electrons. The molecule has 3 aliphatic rings. The number of rotatable bonds is 6. The highest BCUT2D eigenvalue weighted by molar-refractivity contribution is 6.23. The summed E-state index contributed by atoms with van der Waals surface area (Å²) >= 11 is 0. The topological polar surface area (TPSA) is 173 Å². The first-order chi connectivity index (χ1) is 18.4. The number of Topliss-reactive ketones (excluding diaryl/α,β-unsaturated/α-hetero) is 2. The van der Waals surface area contributed by atoms with Crippen molar-refractivity contribution in [3.8, 4) is 5.75 Å². The van der Waals surface area contributed by atoms with Crippen LogP contribution >= 0.6 is 0 Å². The van der Waals surface area contributed by atoms with Gasteiger partial charge in [-0.1, -0.05) is 34.6 Å². The molecule has 1 saturated carbocycles. The first kappa shape index (κ1) is 29.6. The smallest absolute Gasteiger partial charge is 0.255 e.